The first kappa shape index (κ1) is 31.7. The van der Waals surface area contributed by atoms with Crippen molar-refractivity contribution in [2.45, 2.75) is 70.2 Å². The molecule has 4 aliphatic heterocycles. The van der Waals surface area contributed by atoms with Gasteiger partial charge in [0.05, 0.1) is 43.8 Å². The largest absolute Gasteiger partial charge is 0.394 e. The van der Waals surface area contributed by atoms with Crippen molar-refractivity contribution in [3.05, 3.63) is 25.3 Å². The molecule has 230 valence electrons. The van der Waals surface area contributed by atoms with Gasteiger partial charge in [-0.3, -0.25) is 19.3 Å². The molecule has 10 heteroatoms. The number of carbonyl (C=O) groups excluding carboxylic acids is 3. The molecule has 2 bridgehead atoms. The number of ether oxygens (including phenoxy) is 2. The maximum absolute atomic E-state index is 14.6. The van der Waals surface area contributed by atoms with Crippen LogP contribution in [-0.2, 0) is 23.9 Å². The minimum Gasteiger partial charge on any atom is -0.394 e. The minimum atomic E-state index is -1.09. The first-order chi connectivity index (χ1) is 19.7. The molecule has 4 saturated heterocycles. The second-order valence-electron chi connectivity index (χ2n) is 12.4. The van der Waals surface area contributed by atoms with Gasteiger partial charge >= 0.3 is 0 Å². The number of hydrogen-bond donors (Lipinski definition) is 1. The van der Waals surface area contributed by atoms with Crippen molar-refractivity contribution in [3.63, 3.8) is 0 Å². The Labute approximate surface area is 245 Å². The lowest BCUT2D eigenvalue weighted by Gasteiger charge is -2.40. The van der Waals surface area contributed by atoms with Gasteiger partial charge in [0, 0.05) is 45.8 Å². The van der Waals surface area contributed by atoms with E-state index in [9.17, 15) is 19.5 Å². The van der Waals surface area contributed by atoms with Crippen molar-refractivity contribution in [1.29, 1.82) is 0 Å². The van der Waals surface area contributed by atoms with Gasteiger partial charge in [0.15, 0.2) is 0 Å². The van der Waals surface area contributed by atoms with Crippen LogP contribution in [-0.4, -0.2) is 132 Å². The van der Waals surface area contributed by atoms with Crippen LogP contribution in [0.4, 0.5) is 0 Å². The average Bonchev–Trinajstić information content (AvgIpc) is 3.61. The molecule has 0 saturated carbocycles. The number of hydrogen-bond acceptors (Lipinski definition) is 7. The molecule has 0 aromatic rings. The lowest BCUT2D eigenvalue weighted by atomic mass is 9.70. The van der Waals surface area contributed by atoms with Crippen molar-refractivity contribution >= 4 is 17.7 Å². The van der Waals surface area contributed by atoms with E-state index in [-0.39, 0.29) is 30.2 Å². The number of likely N-dealkylation sites (tertiary alicyclic amines) is 1. The molecule has 1 spiro atoms. The molecule has 4 rings (SSSR count). The Kier molecular flexibility index (Phi) is 10.7. The van der Waals surface area contributed by atoms with E-state index in [2.05, 4.69) is 18.1 Å². The first-order valence-electron chi connectivity index (χ1n) is 15.4. The molecule has 6 atom stereocenters. The Hall–Kier alpha value is -2.27. The zero-order valence-electron chi connectivity index (χ0n) is 25.2. The van der Waals surface area contributed by atoms with Gasteiger partial charge in [0.1, 0.15) is 11.6 Å². The average molecular weight is 575 g/mol. The second-order valence-corrected chi connectivity index (χ2v) is 12.4. The van der Waals surface area contributed by atoms with E-state index >= 15 is 0 Å². The van der Waals surface area contributed by atoms with Crippen molar-refractivity contribution < 1.29 is 29.0 Å². The molecular formula is C31H50N4O6. The molecule has 0 aromatic heterocycles. The van der Waals surface area contributed by atoms with Crippen molar-refractivity contribution in [3.8, 4) is 0 Å². The summed E-state index contributed by atoms with van der Waals surface area (Å²) in [7, 11) is 0. The molecule has 2 unspecified atom stereocenters. The third-order valence-electron chi connectivity index (χ3n) is 9.21. The number of nitrogens with zero attached hydrogens (tertiary/aromatic N) is 4. The lowest BCUT2D eigenvalue weighted by Crippen LogP contribution is -2.59. The van der Waals surface area contributed by atoms with Crippen LogP contribution in [0.3, 0.4) is 0 Å². The van der Waals surface area contributed by atoms with Crippen molar-refractivity contribution in [1.82, 2.24) is 19.6 Å². The van der Waals surface area contributed by atoms with Crippen LogP contribution in [0.1, 0.15) is 46.5 Å². The smallest absolute Gasteiger partial charge is 0.248 e. The van der Waals surface area contributed by atoms with E-state index in [0.29, 0.717) is 65.2 Å². The molecule has 4 heterocycles. The summed E-state index contributed by atoms with van der Waals surface area (Å²) >= 11 is 0. The van der Waals surface area contributed by atoms with Gasteiger partial charge in [0.2, 0.25) is 17.7 Å². The van der Waals surface area contributed by atoms with E-state index in [1.165, 1.54) is 0 Å². The molecule has 4 fully saturated rings. The summed E-state index contributed by atoms with van der Waals surface area (Å²) in [6.07, 6.45) is 5.50. The molecule has 0 aliphatic carbocycles. The van der Waals surface area contributed by atoms with Crippen LogP contribution >= 0.6 is 0 Å². The normalized spacial score (nSPS) is 30.0. The Morgan fingerprint density at radius 2 is 1.78 bits per heavy atom. The fourth-order valence-electron chi connectivity index (χ4n) is 7.50. The van der Waals surface area contributed by atoms with Crippen LogP contribution < -0.4 is 0 Å². The SMILES string of the molecule is C=CCN(CCN1CCOCC1)C(=O)C1N([C@@H](CO)CC(C)C)C(=O)[C@@H]2[C@@H](C(=O)N(CC=C)CCC)[C@H]3CCC12O3. The summed E-state index contributed by atoms with van der Waals surface area (Å²) in [4.78, 5) is 50.4. The standard InChI is InChI=1S/C31H50N4O6/c1-6-11-33(12-7-2)28(37)25-24-9-10-31(41-24)26(25)29(38)35(23(21-36)20-22(4)5)27(31)30(39)34(13-8-3)15-14-32-16-18-40-19-17-32/h6,8,22-27,36H,1,3,7,9-21H2,2,4-5H3/t23-,24-,25+,26+,27?,31?/m1/s1. The van der Waals surface area contributed by atoms with Gasteiger partial charge in [-0.2, -0.15) is 0 Å². The van der Waals surface area contributed by atoms with Crippen molar-refractivity contribution in [2.24, 2.45) is 17.8 Å². The fourth-order valence-corrected chi connectivity index (χ4v) is 7.50. The zero-order chi connectivity index (χ0) is 29.7. The zero-order valence-corrected chi connectivity index (χ0v) is 25.2. The molecule has 0 aromatic carbocycles. The van der Waals surface area contributed by atoms with Crippen LogP contribution in [0, 0.1) is 17.8 Å². The Morgan fingerprint density at radius 3 is 2.37 bits per heavy atom. The summed E-state index contributed by atoms with van der Waals surface area (Å²) in [5.41, 5.74) is -1.09. The topological polar surface area (TPSA) is 103 Å². The summed E-state index contributed by atoms with van der Waals surface area (Å²) in [5.74, 6) is -1.75. The van der Waals surface area contributed by atoms with Crippen LogP contribution in [0.2, 0.25) is 0 Å². The lowest BCUT2D eigenvalue weighted by molar-refractivity contribution is -0.152. The van der Waals surface area contributed by atoms with Crippen LogP contribution in [0.5, 0.6) is 0 Å². The van der Waals surface area contributed by atoms with E-state index in [4.69, 9.17) is 9.47 Å². The summed E-state index contributed by atoms with van der Waals surface area (Å²) in [5, 5.41) is 10.5. The van der Waals surface area contributed by atoms with Crippen LogP contribution in [0.25, 0.3) is 0 Å². The monoisotopic (exact) mass is 574 g/mol. The Bertz CT molecular complexity index is 968. The maximum atomic E-state index is 14.6. The third-order valence-corrected chi connectivity index (χ3v) is 9.21. The summed E-state index contributed by atoms with van der Waals surface area (Å²) in [6, 6.07) is -1.44. The second kappa shape index (κ2) is 13.8. The number of rotatable bonds is 15. The fraction of sp³-hybridized carbons (Fsp3) is 0.774. The van der Waals surface area contributed by atoms with E-state index in [1.54, 1.807) is 26.9 Å². The first-order valence-corrected chi connectivity index (χ1v) is 15.4. The number of carbonyl (C=O) groups is 3. The predicted octanol–water partition coefficient (Wildman–Crippen LogP) is 1.54. The predicted molar refractivity (Wildman–Crippen MR) is 156 cm³/mol. The maximum Gasteiger partial charge on any atom is 0.248 e. The number of fused-ring (bicyclic) bond motifs is 1. The summed E-state index contributed by atoms with van der Waals surface area (Å²) < 4.78 is 12.1. The Balaban J connectivity index is 1.70. The molecule has 1 N–H and O–H groups in total. The third kappa shape index (κ3) is 6.12. The van der Waals surface area contributed by atoms with Gasteiger partial charge < -0.3 is 29.3 Å². The molecule has 41 heavy (non-hydrogen) atoms. The van der Waals surface area contributed by atoms with Gasteiger partial charge in [-0.05, 0) is 31.6 Å². The quantitative estimate of drug-likeness (QED) is 0.296. The minimum absolute atomic E-state index is 0.107. The number of amides is 3. The molecule has 0 radical (unpaired) electrons. The molecule has 10 nitrogen and oxygen atoms in total. The van der Waals surface area contributed by atoms with Crippen molar-refractivity contribution in [2.75, 3.05) is 65.6 Å². The Morgan fingerprint density at radius 1 is 1.12 bits per heavy atom. The molecule has 3 amide bonds. The van der Waals surface area contributed by atoms with Gasteiger partial charge in [-0.15, -0.1) is 13.2 Å². The highest BCUT2D eigenvalue weighted by molar-refractivity contribution is 5.99. The van der Waals surface area contributed by atoms with E-state index in [0.717, 1.165) is 19.5 Å². The molecular weight excluding hydrogens is 524 g/mol. The number of aliphatic hydroxyl groups is 1. The van der Waals surface area contributed by atoms with Gasteiger partial charge in [0.25, 0.3) is 0 Å². The highest BCUT2D eigenvalue weighted by Crippen LogP contribution is 2.59. The highest BCUT2D eigenvalue weighted by Gasteiger charge is 2.75. The van der Waals surface area contributed by atoms with E-state index in [1.807, 2.05) is 20.8 Å². The molecule has 4 aliphatic rings. The van der Waals surface area contributed by atoms with Gasteiger partial charge in [-0.25, -0.2) is 0 Å². The summed E-state index contributed by atoms with van der Waals surface area (Å²) in [6.45, 7) is 19.0. The highest BCUT2D eigenvalue weighted by atomic mass is 16.5. The van der Waals surface area contributed by atoms with E-state index < -0.39 is 35.6 Å². The van der Waals surface area contributed by atoms with Gasteiger partial charge in [-0.1, -0.05) is 32.9 Å². The number of aliphatic hydroxyl groups excluding tert-OH is 1. The number of morpholine rings is 1. The van der Waals surface area contributed by atoms with Crippen LogP contribution in [0.15, 0.2) is 25.3 Å².